The number of carbonyl (C=O) groups is 1. The number of hydrogen-bond acceptors (Lipinski definition) is 4. The van der Waals surface area contributed by atoms with Gasteiger partial charge in [-0.05, 0) is 25.0 Å². The second-order valence-electron chi connectivity index (χ2n) is 5.97. The molecule has 0 fully saturated rings. The molecule has 2 amide bonds. The number of benzene rings is 1. The van der Waals surface area contributed by atoms with Crippen molar-refractivity contribution < 1.29 is 19.0 Å². The van der Waals surface area contributed by atoms with Gasteiger partial charge in [-0.2, -0.15) is 0 Å². The van der Waals surface area contributed by atoms with Gasteiger partial charge in [-0.3, -0.25) is 0 Å². The Balaban J connectivity index is 1.68. The monoisotopic (exact) mass is 322 g/mol. The zero-order valence-corrected chi connectivity index (χ0v) is 14.1. The Morgan fingerprint density at radius 2 is 1.91 bits per heavy atom. The first kappa shape index (κ1) is 17.4. The quantitative estimate of drug-likeness (QED) is 0.719. The predicted molar refractivity (Wildman–Crippen MR) is 89.1 cm³/mol. The molecular formula is C17H26N2O4. The van der Waals surface area contributed by atoms with Crippen LogP contribution in [0.5, 0.6) is 11.5 Å². The summed E-state index contributed by atoms with van der Waals surface area (Å²) in [6, 6.07) is 5.10. The summed E-state index contributed by atoms with van der Waals surface area (Å²) in [5.74, 6) is 0.656. The Labute approximate surface area is 137 Å². The largest absolute Gasteiger partial charge is 0.449 e. The molecule has 0 atom stereocenters. The van der Waals surface area contributed by atoms with Crippen LogP contribution in [0, 0.1) is 0 Å². The fourth-order valence-corrected chi connectivity index (χ4v) is 2.20. The Kier molecular flexibility index (Phi) is 6.10. The van der Waals surface area contributed by atoms with Crippen molar-refractivity contribution in [2.45, 2.75) is 45.8 Å². The van der Waals surface area contributed by atoms with Gasteiger partial charge in [0.15, 0.2) is 11.5 Å². The van der Waals surface area contributed by atoms with Gasteiger partial charge in [0, 0.05) is 45.4 Å². The summed E-state index contributed by atoms with van der Waals surface area (Å²) >= 11 is 0. The van der Waals surface area contributed by atoms with Gasteiger partial charge < -0.3 is 24.8 Å². The molecule has 6 heteroatoms. The summed E-state index contributed by atoms with van der Waals surface area (Å²) in [7, 11) is 0. The molecule has 0 aliphatic carbocycles. The van der Waals surface area contributed by atoms with Gasteiger partial charge in [0.25, 0.3) is 0 Å². The molecule has 6 nitrogen and oxygen atoms in total. The third-order valence-corrected chi connectivity index (χ3v) is 3.31. The van der Waals surface area contributed by atoms with E-state index in [-0.39, 0.29) is 6.03 Å². The van der Waals surface area contributed by atoms with E-state index in [2.05, 4.69) is 17.6 Å². The number of rotatable bonds is 8. The van der Waals surface area contributed by atoms with Crippen molar-refractivity contribution in [3.63, 3.8) is 0 Å². The molecule has 1 aromatic carbocycles. The Hall–Kier alpha value is -1.95. The molecule has 0 unspecified atom stereocenters. The molecule has 0 radical (unpaired) electrons. The molecule has 1 aliphatic heterocycles. The van der Waals surface area contributed by atoms with Gasteiger partial charge in [0.05, 0.1) is 0 Å². The van der Waals surface area contributed by atoms with Gasteiger partial charge >= 0.3 is 6.03 Å². The molecule has 1 aliphatic rings. The van der Waals surface area contributed by atoms with Crippen LogP contribution in [0.1, 0.15) is 40.0 Å². The minimum absolute atomic E-state index is 0.239. The van der Waals surface area contributed by atoms with Gasteiger partial charge in [0.1, 0.15) is 0 Å². The van der Waals surface area contributed by atoms with Crippen LogP contribution >= 0.6 is 0 Å². The van der Waals surface area contributed by atoms with Crippen LogP contribution in [0.15, 0.2) is 18.2 Å². The van der Waals surface area contributed by atoms with E-state index in [9.17, 15) is 4.79 Å². The first-order chi connectivity index (χ1) is 11.0. The lowest BCUT2D eigenvalue weighted by atomic mass is 10.3. The molecule has 0 aromatic heterocycles. The van der Waals surface area contributed by atoms with E-state index in [0.29, 0.717) is 30.3 Å². The van der Waals surface area contributed by atoms with E-state index in [0.717, 1.165) is 25.9 Å². The fraction of sp³-hybridized carbons (Fsp3) is 0.588. The van der Waals surface area contributed by atoms with Crippen LogP contribution in [-0.4, -0.2) is 31.6 Å². The van der Waals surface area contributed by atoms with Crippen LogP contribution in [0.3, 0.4) is 0 Å². The van der Waals surface area contributed by atoms with Crippen molar-refractivity contribution in [1.29, 1.82) is 0 Å². The lowest BCUT2D eigenvalue weighted by molar-refractivity contribution is -0.0431. The third kappa shape index (κ3) is 5.63. The Morgan fingerprint density at radius 1 is 1.17 bits per heavy atom. The number of amides is 2. The molecule has 23 heavy (non-hydrogen) atoms. The van der Waals surface area contributed by atoms with Crippen LogP contribution < -0.4 is 20.1 Å². The molecule has 128 valence electrons. The highest BCUT2D eigenvalue weighted by Crippen LogP contribution is 2.40. The second-order valence-corrected chi connectivity index (χ2v) is 5.97. The number of fused-ring (bicyclic) bond motifs is 1. The van der Waals surface area contributed by atoms with Crippen molar-refractivity contribution in [2.24, 2.45) is 0 Å². The van der Waals surface area contributed by atoms with E-state index in [4.69, 9.17) is 14.2 Å². The molecule has 2 N–H and O–H groups in total. The highest BCUT2D eigenvalue weighted by molar-refractivity contribution is 5.89. The standard InChI is InChI=1S/C17H26N2O4/c1-4-5-10-21-11-6-9-18-16(20)19-13-7-8-14-15(12-13)23-17(2,3)22-14/h7-8,12H,4-6,9-11H2,1-3H3,(H2,18,19,20). The van der Waals surface area contributed by atoms with Gasteiger partial charge in [-0.25, -0.2) is 4.79 Å². The zero-order chi connectivity index (χ0) is 16.7. The summed E-state index contributed by atoms with van der Waals surface area (Å²) in [6.45, 7) is 7.85. The highest BCUT2D eigenvalue weighted by Gasteiger charge is 2.31. The average molecular weight is 322 g/mol. The highest BCUT2D eigenvalue weighted by atomic mass is 16.7. The number of urea groups is 1. The van der Waals surface area contributed by atoms with Crippen LogP contribution in [0.25, 0.3) is 0 Å². The number of nitrogens with one attached hydrogen (secondary N) is 2. The minimum Gasteiger partial charge on any atom is -0.449 e. The van der Waals surface area contributed by atoms with E-state index < -0.39 is 5.79 Å². The van der Waals surface area contributed by atoms with Crippen molar-refractivity contribution >= 4 is 11.7 Å². The molecule has 1 aromatic rings. The second kappa shape index (κ2) is 8.06. The van der Waals surface area contributed by atoms with E-state index >= 15 is 0 Å². The van der Waals surface area contributed by atoms with E-state index in [1.165, 1.54) is 0 Å². The maximum absolute atomic E-state index is 11.8. The Bertz CT molecular complexity index is 531. The first-order valence-corrected chi connectivity index (χ1v) is 8.15. The van der Waals surface area contributed by atoms with E-state index in [1.807, 2.05) is 13.8 Å². The summed E-state index contributed by atoms with van der Waals surface area (Å²) in [6.07, 6.45) is 3.01. The molecule has 0 saturated carbocycles. The number of unbranched alkanes of at least 4 members (excludes halogenated alkanes) is 1. The zero-order valence-electron chi connectivity index (χ0n) is 14.1. The molecule has 0 spiro atoms. The molecule has 2 rings (SSSR count). The number of hydrogen-bond donors (Lipinski definition) is 2. The molecule has 0 saturated heterocycles. The van der Waals surface area contributed by atoms with Crippen molar-refractivity contribution in [3.8, 4) is 11.5 Å². The topological polar surface area (TPSA) is 68.8 Å². The lowest BCUT2D eigenvalue weighted by Crippen LogP contribution is -2.30. The normalized spacial score (nSPS) is 14.6. The molecule has 0 bridgehead atoms. The van der Waals surface area contributed by atoms with Gasteiger partial charge in [-0.1, -0.05) is 13.3 Å². The van der Waals surface area contributed by atoms with Crippen molar-refractivity contribution in [1.82, 2.24) is 5.32 Å². The fourth-order valence-electron chi connectivity index (χ4n) is 2.20. The van der Waals surface area contributed by atoms with Crippen LogP contribution in [0.2, 0.25) is 0 Å². The van der Waals surface area contributed by atoms with Crippen molar-refractivity contribution in [2.75, 3.05) is 25.1 Å². The van der Waals surface area contributed by atoms with Gasteiger partial charge in [0.2, 0.25) is 5.79 Å². The molecule has 1 heterocycles. The number of ether oxygens (including phenoxy) is 3. The smallest absolute Gasteiger partial charge is 0.319 e. The minimum atomic E-state index is -0.666. The number of anilines is 1. The Morgan fingerprint density at radius 3 is 2.70 bits per heavy atom. The van der Waals surface area contributed by atoms with Crippen molar-refractivity contribution in [3.05, 3.63) is 18.2 Å². The first-order valence-electron chi connectivity index (χ1n) is 8.15. The molecular weight excluding hydrogens is 296 g/mol. The van der Waals surface area contributed by atoms with E-state index in [1.54, 1.807) is 18.2 Å². The van der Waals surface area contributed by atoms with Gasteiger partial charge in [-0.15, -0.1) is 0 Å². The maximum Gasteiger partial charge on any atom is 0.319 e. The lowest BCUT2D eigenvalue weighted by Gasteiger charge is -2.16. The summed E-state index contributed by atoms with van der Waals surface area (Å²) in [5.41, 5.74) is 0.668. The third-order valence-electron chi connectivity index (χ3n) is 3.31. The average Bonchev–Trinajstić information content (AvgIpc) is 2.79. The maximum atomic E-state index is 11.8. The number of carbonyl (C=O) groups excluding carboxylic acids is 1. The summed E-state index contributed by atoms with van der Waals surface area (Å²) in [5, 5.41) is 5.59. The summed E-state index contributed by atoms with van der Waals surface area (Å²) in [4.78, 5) is 11.8. The summed E-state index contributed by atoms with van der Waals surface area (Å²) < 4.78 is 16.7. The van der Waals surface area contributed by atoms with Crippen LogP contribution in [0.4, 0.5) is 10.5 Å². The predicted octanol–water partition coefficient (Wildman–Crippen LogP) is 3.52. The SMILES string of the molecule is CCCCOCCCNC(=O)Nc1ccc2c(c1)OC(C)(C)O2. The van der Waals surface area contributed by atoms with Crippen LogP contribution in [-0.2, 0) is 4.74 Å².